The lowest BCUT2D eigenvalue weighted by Crippen LogP contribution is -2.34. The zero-order valence-corrected chi connectivity index (χ0v) is 12.4. The molecule has 0 spiro atoms. The topological polar surface area (TPSA) is 49.8 Å². The van der Waals surface area contributed by atoms with Crippen molar-refractivity contribution < 1.29 is 14.6 Å². The van der Waals surface area contributed by atoms with Crippen molar-refractivity contribution in [3.8, 4) is 0 Å². The molecular weight excluding hydrogens is 230 g/mol. The van der Waals surface area contributed by atoms with Gasteiger partial charge in [-0.2, -0.15) is 0 Å². The number of hydrogen-bond donors (Lipinski definition) is 1. The lowest BCUT2D eigenvalue weighted by Gasteiger charge is -2.24. The Morgan fingerprint density at radius 1 is 1.06 bits per heavy atom. The van der Waals surface area contributed by atoms with Crippen molar-refractivity contribution in [1.29, 1.82) is 0 Å². The molecule has 1 amide bonds. The van der Waals surface area contributed by atoms with Crippen molar-refractivity contribution in [2.45, 2.75) is 64.9 Å². The van der Waals surface area contributed by atoms with E-state index in [-0.39, 0.29) is 6.09 Å². The predicted molar refractivity (Wildman–Crippen MR) is 73.7 cm³/mol. The molecule has 0 fully saturated rings. The third kappa shape index (κ3) is 10.4. The molecule has 18 heavy (non-hydrogen) atoms. The lowest BCUT2D eigenvalue weighted by atomic mass is 10.1. The molecule has 0 aromatic heterocycles. The van der Waals surface area contributed by atoms with Gasteiger partial charge in [0.15, 0.2) is 0 Å². The first-order valence-corrected chi connectivity index (χ1v) is 6.92. The van der Waals surface area contributed by atoms with E-state index in [2.05, 4.69) is 0 Å². The Morgan fingerprint density at radius 3 is 2.06 bits per heavy atom. The van der Waals surface area contributed by atoms with Gasteiger partial charge in [0.1, 0.15) is 5.60 Å². The number of hydrogen-bond acceptors (Lipinski definition) is 3. The van der Waals surface area contributed by atoms with E-state index in [0.717, 1.165) is 38.6 Å². The Kier molecular flexibility index (Phi) is 8.81. The lowest BCUT2D eigenvalue weighted by molar-refractivity contribution is 0.0296. The standard InChI is InChI=1S/C14H29NO3/c1-14(2,3)18-13(17)15(4)11-9-7-5-6-8-10-12-16/h16H,5-12H2,1-4H3. The van der Waals surface area contributed by atoms with Gasteiger partial charge in [-0.05, 0) is 33.6 Å². The molecule has 0 aliphatic heterocycles. The molecule has 1 N–H and O–H groups in total. The smallest absolute Gasteiger partial charge is 0.410 e. The highest BCUT2D eigenvalue weighted by atomic mass is 16.6. The van der Waals surface area contributed by atoms with Crippen LogP contribution < -0.4 is 0 Å². The van der Waals surface area contributed by atoms with Crippen LogP contribution in [-0.4, -0.2) is 41.9 Å². The minimum atomic E-state index is -0.421. The van der Waals surface area contributed by atoms with Crippen LogP contribution in [0.3, 0.4) is 0 Å². The molecule has 0 aliphatic rings. The van der Waals surface area contributed by atoms with Crippen molar-refractivity contribution >= 4 is 6.09 Å². The molecule has 0 radical (unpaired) electrons. The van der Waals surface area contributed by atoms with Crippen LogP contribution in [0.25, 0.3) is 0 Å². The molecule has 0 aromatic rings. The fourth-order valence-corrected chi connectivity index (χ4v) is 1.60. The highest BCUT2D eigenvalue weighted by Crippen LogP contribution is 2.10. The Balaban J connectivity index is 3.52. The third-order valence-corrected chi connectivity index (χ3v) is 2.61. The predicted octanol–water partition coefficient (Wildman–Crippen LogP) is 3.19. The van der Waals surface area contributed by atoms with E-state index in [9.17, 15) is 4.79 Å². The van der Waals surface area contributed by atoms with Gasteiger partial charge in [-0.3, -0.25) is 0 Å². The number of amides is 1. The fraction of sp³-hybridized carbons (Fsp3) is 0.929. The van der Waals surface area contributed by atoms with E-state index in [4.69, 9.17) is 9.84 Å². The summed E-state index contributed by atoms with van der Waals surface area (Å²) in [6.07, 6.45) is 6.21. The monoisotopic (exact) mass is 259 g/mol. The molecule has 0 aromatic carbocycles. The second-order valence-electron chi connectivity index (χ2n) is 5.75. The van der Waals surface area contributed by atoms with Crippen molar-refractivity contribution in [2.24, 2.45) is 0 Å². The van der Waals surface area contributed by atoms with Crippen molar-refractivity contribution in [1.82, 2.24) is 4.90 Å². The van der Waals surface area contributed by atoms with Crippen LogP contribution in [0.4, 0.5) is 4.79 Å². The maximum absolute atomic E-state index is 11.6. The van der Waals surface area contributed by atoms with Crippen LogP contribution in [0, 0.1) is 0 Å². The van der Waals surface area contributed by atoms with E-state index >= 15 is 0 Å². The number of rotatable bonds is 8. The average molecular weight is 259 g/mol. The number of ether oxygens (including phenoxy) is 1. The summed E-state index contributed by atoms with van der Waals surface area (Å²) in [6, 6.07) is 0. The summed E-state index contributed by atoms with van der Waals surface area (Å²) >= 11 is 0. The molecular formula is C14H29NO3. The minimum Gasteiger partial charge on any atom is -0.444 e. The summed E-state index contributed by atoms with van der Waals surface area (Å²) in [6.45, 7) is 6.66. The number of nitrogens with zero attached hydrogens (tertiary/aromatic N) is 1. The SMILES string of the molecule is CN(CCCCCCCCO)C(=O)OC(C)(C)C. The molecule has 108 valence electrons. The van der Waals surface area contributed by atoms with Gasteiger partial charge in [0.2, 0.25) is 0 Å². The maximum Gasteiger partial charge on any atom is 0.410 e. The van der Waals surface area contributed by atoms with Crippen LogP contribution in [0.1, 0.15) is 59.3 Å². The van der Waals surface area contributed by atoms with Gasteiger partial charge < -0.3 is 14.7 Å². The second kappa shape index (κ2) is 9.20. The summed E-state index contributed by atoms with van der Waals surface area (Å²) in [7, 11) is 1.78. The fourth-order valence-electron chi connectivity index (χ4n) is 1.60. The van der Waals surface area contributed by atoms with Crippen molar-refractivity contribution in [2.75, 3.05) is 20.2 Å². The van der Waals surface area contributed by atoms with E-state index in [1.54, 1.807) is 11.9 Å². The number of aliphatic hydroxyl groups is 1. The zero-order valence-electron chi connectivity index (χ0n) is 12.4. The number of carbonyl (C=O) groups is 1. The minimum absolute atomic E-state index is 0.247. The Morgan fingerprint density at radius 2 is 1.56 bits per heavy atom. The first-order chi connectivity index (χ1) is 8.37. The Hall–Kier alpha value is -0.770. The van der Waals surface area contributed by atoms with Gasteiger partial charge in [0.05, 0.1) is 0 Å². The average Bonchev–Trinajstić information content (AvgIpc) is 2.25. The van der Waals surface area contributed by atoms with Crippen LogP contribution >= 0.6 is 0 Å². The van der Waals surface area contributed by atoms with Gasteiger partial charge in [-0.25, -0.2) is 4.79 Å². The largest absolute Gasteiger partial charge is 0.444 e. The van der Waals surface area contributed by atoms with Gasteiger partial charge in [0, 0.05) is 20.2 Å². The van der Waals surface area contributed by atoms with Crippen LogP contribution in [0.5, 0.6) is 0 Å². The Labute approximate surface area is 111 Å². The van der Waals surface area contributed by atoms with Crippen molar-refractivity contribution in [3.63, 3.8) is 0 Å². The summed E-state index contributed by atoms with van der Waals surface area (Å²) < 4.78 is 5.27. The number of unbranched alkanes of at least 4 members (excludes halogenated alkanes) is 5. The van der Waals surface area contributed by atoms with Crippen LogP contribution in [-0.2, 0) is 4.74 Å². The highest BCUT2D eigenvalue weighted by molar-refractivity contribution is 5.67. The molecule has 0 heterocycles. The van der Waals surface area contributed by atoms with E-state index < -0.39 is 5.60 Å². The van der Waals surface area contributed by atoms with Gasteiger partial charge in [0.25, 0.3) is 0 Å². The number of carbonyl (C=O) groups excluding carboxylic acids is 1. The third-order valence-electron chi connectivity index (χ3n) is 2.61. The molecule has 0 saturated heterocycles. The molecule has 0 atom stereocenters. The summed E-state index contributed by atoms with van der Waals surface area (Å²) in [5.41, 5.74) is -0.421. The van der Waals surface area contributed by atoms with E-state index in [1.165, 1.54) is 6.42 Å². The molecule has 4 heteroatoms. The van der Waals surface area contributed by atoms with Gasteiger partial charge in [-0.15, -0.1) is 0 Å². The van der Waals surface area contributed by atoms with E-state index in [1.807, 2.05) is 20.8 Å². The van der Waals surface area contributed by atoms with Crippen molar-refractivity contribution in [3.05, 3.63) is 0 Å². The van der Waals surface area contributed by atoms with Gasteiger partial charge >= 0.3 is 6.09 Å². The molecule has 0 saturated carbocycles. The molecule has 0 aliphatic carbocycles. The first kappa shape index (κ1) is 17.2. The maximum atomic E-state index is 11.6. The highest BCUT2D eigenvalue weighted by Gasteiger charge is 2.18. The summed E-state index contributed by atoms with van der Waals surface area (Å²) in [5, 5.41) is 8.64. The molecule has 0 bridgehead atoms. The first-order valence-electron chi connectivity index (χ1n) is 6.92. The summed E-state index contributed by atoms with van der Waals surface area (Å²) in [4.78, 5) is 13.3. The van der Waals surface area contributed by atoms with Crippen LogP contribution in [0.2, 0.25) is 0 Å². The quantitative estimate of drug-likeness (QED) is 0.681. The van der Waals surface area contributed by atoms with Crippen LogP contribution in [0.15, 0.2) is 0 Å². The molecule has 4 nitrogen and oxygen atoms in total. The van der Waals surface area contributed by atoms with Gasteiger partial charge in [-0.1, -0.05) is 25.7 Å². The second-order valence-corrected chi connectivity index (χ2v) is 5.75. The van der Waals surface area contributed by atoms with E-state index in [0.29, 0.717) is 6.61 Å². The molecule has 0 unspecified atom stereocenters. The summed E-state index contributed by atoms with van der Waals surface area (Å²) in [5.74, 6) is 0. The number of aliphatic hydroxyl groups excluding tert-OH is 1. The molecule has 0 rings (SSSR count). The normalized spacial score (nSPS) is 11.4. The zero-order chi connectivity index (χ0) is 14.0. The Bertz CT molecular complexity index is 224.